The second-order valence-electron chi connectivity index (χ2n) is 3.46. The van der Waals surface area contributed by atoms with Gasteiger partial charge in [-0.3, -0.25) is 4.79 Å². The lowest BCUT2D eigenvalue weighted by molar-refractivity contribution is -0.130. The van der Waals surface area contributed by atoms with Crippen molar-refractivity contribution in [1.82, 2.24) is 9.80 Å². The van der Waals surface area contributed by atoms with Gasteiger partial charge in [-0.25, -0.2) is 4.79 Å². The molecule has 1 saturated heterocycles. The summed E-state index contributed by atoms with van der Waals surface area (Å²) in [5, 5.41) is 0. The van der Waals surface area contributed by atoms with E-state index in [1.165, 1.54) is 11.8 Å². The van der Waals surface area contributed by atoms with E-state index in [4.69, 9.17) is 4.74 Å². The predicted molar refractivity (Wildman–Crippen MR) is 61.5 cm³/mol. The maximum Gasteiger partial charge on any atom is 0.424 e. The number of carbonyl (C=O) groups is 2. The van der Waals surface area contributed by atoms with Gasteiger partial charge in [0.15, 0.2) is 0 Å². The molecule has 0 radical (unpaired) electrons. The standard InChI is InChI=1S/C12H14N2O3/c1-3-4-5-10-17-12(16)14-8-6-13(7-9-14)11(2)15/h6-9H2,1-2H3. The number of ether oxygens (including phenoxy) is 1. The van der Waals surface area contributed by atoms with E-state index in [-0.39, 0.29) is 5.91 Å². The van der Waals surface area contributed by atoms with Gasteiger partial charge in [-0.1, -0.05) is 5.92 Å². The fourth-order valence-corrected chi connectivity index (χ4v) is 1.43. The van der Waals surface area contributed by atoms with Crippen molar-refractivity contribution in [3.05, 3.63) is 0 Å². The van der Waals surface area contributed by atoms with Crippen molar-refractivity contribution in [2.24, 2.45) is 0 Å². The highest BCUT2D eigenvalue weighted by Crippen LogP contribution is 2.03. The third-order valence-corrected chi connectivity index (χ3v) is 2.36. The van der Waals surface area contributed by atoms with Gasteiger partial charge in [0, 0.05) is 39.0 Å². The minimum absolute atomic E-state index is 0.0241. The van der Waals surface area contributed by atoms with Gasteiger partial charge >= 0.3 is 6.09 Å². The van der Waals surface area contributed by atoms with Crippen LogP contribution in [0.4, 0.5) is 4.79 Å². The highest BCUT2D eigenvalue weighted by atomic mass is 16.5. The average Bonchev–Trinajstić information content (AvgIpc) is 2.34. The number of nitrogens with zero attached hydrogens (tertiary/aromatic N) is 2. The fourth-order valence-electron chi connectivity index (χ4n) is 1.43. The Labute approximate surface area is 101 Å². The molecule has 5 heteroatoms. The summed E-state index contributed by atoms with van der Waals surface area (Å²) < 4.78 is 4.70. The van der Waals surface area contributed by atoms with Gasteiger partial charge in [0.25, 0.3) is 0 Å². The molecule has 0 unspecified atom stereocenters. The van der Waals surface area contributed by atoms with Gasteiger partial charge in [-0.2, -0.15) is 0 Å². The molecule has 0 saturated carbocycles. The molecule has 0 aromatic carbocycles. The van der Waals surface area contributed by atoms with Crippen molar-refractivity contribution >= 4 is 12.0 Å². The van der Waals surface area contributed by atoms with Crippen LogP contribution in [0, 0.1) is 23.9 Å². The second kappa shape index (κ2) is 6.44. The van der Waals surface area contributed by atoms with Crippen LogP contribution in [0.15, 0.2) is 0 Å². The van der Waals surface area contributed by atoms with Gasteiger partial charge in [0.2, 0.25) is 5.91 Å². The topological polar surface area (TPSA) is 49.9 Å². The molecule has 1 aliphatic rings. The zero-order valence-electron chi connectivity index (χ0n) is 9.95. The van der Waals surface area contributed by atoms with E-state index in [1.54, 1.807) is 11.8 Å². The van der Waals surface area contributed by atoms with Crippen LogP contribution in [-0.4, -0.2) is 48.0 Å². The molecule has 0 bridgehead atoms. The van der Waals surface area contributed by atoms with Gasteiger partial charge in [-0.15, -0.1) is 0 Å². The number of hydrogen-bond donors (Lipinski definition) is 0. The first-order valence-corrected chi connectivity index (χ1v) is 5.28. The van der Waals surface area contributed by atoms with Crippen LogP contribution in [0.25, 0.3) is 0 Å². The van der Waals surface area contributed by atoms with Crippen molar-refractivity contribution in [3.8, 4) is 23.9 Å². The fraction of sp³-hybridized carbons (Fsp3) is 0.500. The molecule has 0 aromatic heterocycles. The highest BCUT2D eigenvalue weighted by molar-refractivity contribution is 5.74. The normalized spacial score (nSPS) is 14.0. The first-order chi connectivity index (χ1) is 8.15. The lowest BCUT2D eigenvalue weighted by atomic mass is 10.3. The van der Waals surface area contributed by atoms with Crippen LogP contribution in [0.1, 0.15) is 13.8 Å². The van der Waals surface area contributed by atoms with Crippen molar-refractivity contribution in [2.75, 3.05) is 26.2 Å². The van der Waals surface area contributed by atoms with Crippen LogP contribution < -0.4 is 0 Å². The molecule has 2 amide bonds. The van der Waals surface area contributed by atoms with Crippen molar-refractivity contribution in [3.63, 3.8) is 0 Å². The third-order valence-electron chi connectivity index (χ3n) is 2.36. The van der Waals surface area contributed by atoms with E-state index in [0.29, 0.717) is 26.2 Å². The van der Waals surface area contributed by atoms with E-state index < -0.39 is 6.09 Å². The van der Waals surface area contributed by atoms with E-state index in [1.807, 2.05) is 0 Å². The predicted octanol–water partition coefficient (Wildman–Crippen LogP) is 0.271. The molecule has 0 atom stereocenters. The van der Waals surface area contributed by atoms with E-state index in [9.17, 15) is 9.59 Å². The summed E-state index contributed by atoms with van der Waals surface area (Å²) in [6.07, 6.45) is 1.73. The van der Waals surface area contributed by atoms with Crippen LogP contribution in [0.5, 0.6) is 0 Å². The summed E-state index contributed by atoms with van der Waals surface area (Å²) in [6, 6.07) is 0. The highest BCUT2D eigenvalue weighted by Gasteiger charge is 2.22. The Morgan fingerprint density at radius 3 is 2.18 bits per heavy atom. The molecule has 1 heterocycles. The van der Waals surface area contributed by atoms with Crippen LogP contribution in [0.2, 0.25) is 0 Å². The zero-order valence-corrected chi connectivity index (χ0v) is 9.95. The van der Waals surface area contributed by atoms with E-state index >= 15 is 0 Å². The van der Waals surface area contributed by atoms with Gasteiger partial charge in [-0.05, 0) is 12.8 Å². The molecular weight excluding hydrogens is 220 g/mol. The monoisotopic (exact) mass is 234 g/mol. The molecule has 17 heavy (non-hydrogen) atoms. The maximum atomic E-state index is 11.5. The van der Waals surface area contributed by atoms with Crippen molar-refractivity contribution < 1.29 is 14.3 Å². The SMILES string of the molecule is CC#CC#COC(=O)N1CCN(C(C)=O)CC1. The van der Waals surface area contributed by atoms with Crippen LogP contribution in [-0.2, 0) is 9.53 Å². The maximum absolute atomic E-state index is 11.5. The zero-order chi connectivity index (χ0) is 12.7. The minimum Gasteiger partial charge on any atom is -0.355 e. The first kappa shape index (κ1) is 12.9. The second-order valence-corrected chi connectivity index (χ2v) is 3.46. The lowest BCUT2D eigenvalue weighted by Crippen LogP contribution is -2.49. The smallest absolute Gasteiger partial charge is 0.355 e. The Hall–Kier alpha value is -2.14. The third kappa shape index (κ3) is 4.08. The lowest BCUT2D eigenvalue weighted by Gasteiger charge is -2.32. The summed E-state index contributed by atoms with van der Waals surface area (Å²) in [5.41, 5.74) is 0. The molecular formula is C12H14N2O3. The van der Waals surface area contributed by atoms with E-state index in [2.05, 4.69) is 23.9 Å². The molecule has 1 rings (SSSR count). The number of carbonyl (C=O) groups excluding carboxylic acids is 2. The van der Waals surface area contributed by atoms with Crippen LogP contribution >= 0.6 is 0 Å². The Morgan fingerprint density at radius 1 is 1.06 bits per heavy atom. The summed E-state index contributed by atoms with van der Waals surface area (Å²) in [4.78, 5) is 25.8. The average molecular weight is 234 g/mol. The molecule has 0 aromatic rings. The Kier molecular flexibility index (Phi) is 4.90. The van der Waals surface area contributed by atoms with Gasteiger partial charge < -0.3 is 14.5 Å². The van der Waals surface area contributed by atoms with Crippen molar-refractivity contribution in [2.45, 2.75) is 13.8 Å². The van der Waals surface area contributed by atoms with Gasteiger partial charge in [0.05, 0.1) is 0 Å². The minimum atomic E-state index is -0.487. The molecule has 0 aliphatic carbocycles. The number of hydrogen-bond acceptors (Lipinski definition) is 3. The molecule has 1 fully saturated rings. The van der Waals surface area contributed by atoms with E-state index in [0.717, 1.165) is 0 Å². The summed E-state index contributed by atoms with van der Waals surface area (Å²) in [6.45, 7) is 5.18. The quantitative estimate of drug-likeness (QED) is 0.565. The van der Waals surface area contributed by atoms with Crippen LogP contribution in [0.3, 0.4) is 0 Å². The molecule has 0 N–H and O–H groups in total. The number of amides is 2. The molecule has 90 valence electrons. The Bertz CT molecular complexity index is 415. The summed E-state index contributed by atoms with van der Waals surface area (Å²) >= 11 is 0. The van der Waals surface area contributed by atoms with Crippen molar-refractivity contribution in [1.29, 1.82) is 0 Å². The molecule has 5 nitrogen and oxygen atoms in total. The first-order valence-electron chi connectivity index (χ1n) is 5.28. The summed E-state index contributed by atoms with van der Waals surface area (Å²) in [7, 11) is 0. The van der Waals surface area contributed by atoms with Gasteiger partial charge in [0.1, 0.15) is 6.11 Å². The number of rotatable bonds is 0. The number of piperazine rings is 1. The molecule has 0 spiro atoms. The Morgan fingerprint density at radius 2 is 1.65 bits per heavy atom. The largest absolute Gasteiger partial charge is 0.424 e. The Balaban J connectivity index is 2.38. The molecule has 1 aliphatic heterocycles. The summed E-state index contributed by atoms with van der Waals surface area (Å²) in [5.74, 6) is 7.45.